The van der Waals surface area contributed by atoms with Gasteiger partial charge >= 0.3 is 0 Å². The molecule has 0 aliphatic heterocycles. The molecule has 1 aromatic heterocycles. The van der Waals surface area contributed by atoms with Gasteiger partial charge in [-0.1, -0.05) is 26.7 Å². The molecule has 2 atom stereocenters. The highest BCUT2D eigenvalue weighted by Gasteiger charge is 2.29. The second-order valence-corrected chi connectivity index (χ2v) is 6.09. The van der Waals surface area contributed by atoms with E-state index in [1.807, 2.05) is 18.0 Å². The summed E-state index contributed by atoms with van der Waals surface area (Å²) in [4.78, 5) is 18.9. The van der Waals surface area contributed by atoms with Gasteiger partial charge in [-0.2, -0.15) is 0 Å². The molecule has 4 nitrogen and oxygen atoms in total. The number of hydrogen-bond acceptors (Lipinski definition) is 3. The van der Waals surface area contributed by atoms with Crippen molar-refractivity contribution in [2.24, 2.45) is 5.92 Å². The van der Waals surface area contributed by atoms with E-state index >= 15 is 0 Å². The molecule has 21 heavy (non-hydrogen) atoms. The maximum Gasteiger partial charge on any atom is 0.256 e. The number of pyridine rings is 1. The third-order valence-corrected chi connectivity index (χ3v) is 4.50. The summed E-state index contributed by atoms with van der Waals surface area (Å²) >= 11 is 0. The van der Waals surface area contributed by atoms with Crippen molar-refractivity contribution in [1.82, 2.24) is 9.88 Å². The van der Waals surface area contributed by atoms with Crippen molar-refractivity contribution in [1.29, 1.82) is 0 Å². The average Bonchev–Trinajstić information content (AvgIpc) is 2.52. The summed E-state index contributed by atoms with van der Waals surface area (Å²) < 4.78 is 0. The Morgan fingerprint density at radius 3 is 2.90 bits per heavy atom. The fourth-order valence-corrected chi connectivity index (χ4v) is 3.19. The van der Waals surface area contributed by atoms with Gasteiger partial charge in [0.1, 0.15) is 0 Å². The lowest BCUT2D eigenvalue weighted by molar-refractivity contribution is 0.0630. The highest BCUT2D eigenvalue weighted by Crippen LogP contribution is 2.29. The number of amides is 1. The van der Waals surface area contributed by atoms with Gasteiger partial charge in [0, 0.05) is 25.8 Å². The topological polar surface area (TPSA) is 45.2 Å². The molecule has 0 spiro atoms. The third kappa shape index (κ3) is 3.74. The largest absolute Gasteiger partial charge is 0.383 e. The van der Waals surface area contributed by atoms with E-state index in [9.17, 15) is 4.79 Å². The molecular formula is C17H27N3O. The predicted octanol–water partition coefficient (Wildman–Crippen LogP) is 3.55. The van der Waals surface area contributed by atoms with Crippen LogP contribution < -0.4 is 5.32 Å². The minimum absolute atomic E-state index is 0.106. The second-order valence-electron chi connectivity index (χ2n) is 6.09. The molecule has 0 bridgehead atoms. The van der Waals surface area contributed by atoms with Gasteiger partial charge in [-0.3, -0.25) is 9.78 Å². The summed E-state index contributed by atoms with van der Waals surface area (Å²) in [6.07, 6.45) is 9.33. The molecule has 0 saturated heterocycles. The molecule has 1 saturated carbocycles. The molecule has 1 heterocycles. The number of hydrogen-bond donors (Lipinski definition) is 1. The molecule has 1 fully saturated rings. The van der Waals surface area contributed by atoms with Crippen LogP contribution in [0.3, 0.4) is 0 Å². The van der Waals surface area contributed by atoms with Crippen LogP contribution in [0.25, 0.3) is 0 Å². The van der Waals surface area contributed by atoms with Gasteiger partial charge in [0.25, 0.3) is 5.91 Å². The first-order valence-corrected chi connectivity index (χ1v) is 8.10. The lowest BCUT2D eigenvalue weighted by Crippen LogP contribution is -2.42. The number of nitrogens with zero attached hydrogens (tertiary/aromatic N) is 2. The summed E-state index contributed by atoms with van der Waals surface area (Å²) in [5.74, 6) is 0.691. The molecule has 116 valence electrons. The number of carbonyl (C=O) groups excluding carboxylic acids is 1. The van der Waals surface area contributed by atoms with Crippen LogP contribution in [-0.2, 0) is 0 Å². The fourth-order valence-electron chi connectivity index (χ4n) is 3.19. The molecule has 2 rings (SSSR count). The quantitative estimate of drug-likeness (QED) is 0.901. The molecule has 1 aliphatic rings. The van der Waals surface area contributed by atoms with Crippen molar-refractivity contribution in [3.05, 3.63) is 24.0 Å². The number of carbonyl (C=O) groups is 1. The molecule has 0 radical (unpaired) electrons. The van der Waals surface area contributed by atoms with Crippen molar-refractivity contribution in [2.75, 3.05) is 18.9 Å². The Bertz CT molecular complexity index is 475. The van der Waals surface area contributed by atoms with Crippen LogP contribution >= 0.6 is 0 Å². The van der Waals surface area contributed by atoms with E-state index in [2.05, 4.69) is 24.1 Å². The van der Waals surface area contributed by atoms with E-state index < -0.39 is 0 Å². The van der Waals surface area contributed by atoms with E-state index in [1.54, 1.807) is 12.4 Å². The SMILES string of the molecule is CCCNc1cnccc1C(=O)N(C)C1CCCCC1C. The van der Waals surface area contributed by atoms with Gasteiger partial charge in [-0.25, -0.2) is 0 Å². The number of rotatable bonds is 5. The highest BCUT2D eigenvalue weighted by molar-refractivity contribution is 5.99. The first-order chi connectivity index (χ1) is 10.1. The number of aromatic nitrogens is 1. The van der Waals surface area contributed by atoms with E-state index in [0.29, 0.717) is 12.0 Å². The van der Waals surface area contributed by atoms with Crippen LogP contribution in [0.4, 0.5) is 5.69 Å². The van der Waals surface area contributed by atoms with Gasteiger partial charge in [0.15, 0.2) is 0 Å². The van der Waals surface area contributed by atoms with Crippen molar-refractivity contribution in [3.8, 4) is 0 Å². The molecule has 4 heteroatoms. The van der Waals surface area contributed by atoms with Gasteiger partial charge in [-0.15, -0.1) is 0 Å². The molecule has 2 unspecified atom stereocenters. The zero-order chi connectivity index (χ0) is 15.2. The third-order valence-electron chi connectivity index (χ3n) is 4.50. The van der Waals surface area contributed by atoms with Gasteiger partial charge in [-0.05, 0) is 31.2 Å². The molecule has 1 aromatic rings. The standard InChI is InChI=1S/C17H27N3O/c1-4-10-19-15-12-18-11-9-14(15)17(21)20(3)16-8-6-5-7-13(16)2/h9,11-13,16,19H,4-8,10H2,1-3H3. The summed E-state index contributed by atoms with van der Waals surface area (Å²) in [5, 5.41) is 3.30. The van der Waals surface area contributed by atoms with Crippen LogP contribution in [-0.4, -0.2) is 35.4 Å². The normalized spacial score (nSPS) is 21.9. The van der Waals surface area contributed by atoms with Crippen LogP contribution in [0.2, 0.25) is 0 Å². The summed E-state index contributed by atoms with van der Waals surface area (Å²) in [5.41, 5.74) is 1.58. The first-order valence-electron chi connectivity index (χ1n) is 8.10. The monoisotopic (exact) mass is 289 g/mol. The first kappa shape index (κ1) is 15.8. The zero-order valence-electron chi connectivity index (χ0n) is 13.4. The minimum atomic E-state index is 0.106. The number of nitrogens with one attached hydrogen (secondary N) is 1. The van der Waals surface area contributed by atoms with Gasteiger partial charge < -0.3 is 10.2 Å². The van der Waals surface area contributed by atoms with Gasteiger partial charge in [0.2, 0.25) is 0 Å². The molecule has 0 aromatic carbocycles. The van der Waals surface area contributed by atoms with E-state index in [0.717, 1.165) is 30.6 Å². The van der Waals surface area contributed by atoms with Crippen LogP contribution in [0.5, 0.6) is 0 Å². The van der Waals surface area contributed by atoms with E-state index in [-0.39, 0.29) is 5.91 Å². The number of anilines is 1. The van der Waals surface area contributed by atoms with E-state index in [4.69, 9.17) is 0 Å². The smallest absolute Gasteiger partial charge is 0.256 e. The Labute approximate surface area is 127 Å². The minimum Gasteiger partial charge on any atom is -0.383 e. The van der Waals surface area contributed by atoms with Gasteiger partial charge in [0.05, 0.1) is 17.4 Å². The molecular weight excluding hydrogens is 262 g/mol. The summed E-state index contributed by atoms with van der Waals surface area (Å²) in [7, 11) is 1.94. The van der Waals surface area contributed by atoms with Crippen LogP contribution in [0.1, 0.15) is 56.3 Å². The predicted molar refractivity (Wildman–Crippen MR) is 86.5 cm³/mol. The van der Waals surface area contributed by atoms with Crippen molar-refractivity contribution in [3.63, 3.8) is 0 Å². The van der Waals surface area contributed by atoms with Crippen LogP contribution in [0, 0.1) is 5.92 Å². The van der Waals surface area contributed by atoms with Crippen LogP contribution in [0.15, 0.2) is 18.5 Å². The molecule has 1 N–H and O–H groups in total. The maximum atomic E-state index is 12.8. The lowest BCUT2D eigenvalue weighted by Gasteiger charge is -2.36. The van der Waals surface area contributed by atoms with E-state index in [1.165, 1.54) is 19.3 Å². The van der Waals surface area contributed by atoms with Crippen molar-refractivity contribution >= 4 is 11.6 Å². The molecule has 1 aliphatic carbocycles. The van der Waals surface area contributed by atoms with Crippen molar-refractivity contribution < 1.29 is 4.79 Å². The Balaban J connectivity index is 2.15. The Kier molecular flexibility index (Phi) is 5.59. The second kappa shape index (κ2) is 7.43. The lowest BCUT2D eigenvalue weighted by atomic mass is 9.85. The van der Waals surface area contributed by atoms with Crippen molar-refractivity contribution in [2.45, 2.75) is 52.0 Å². The zero-order valence-corrected chi connectivity index (χ0v) is 13.4. The highest BCUT2D eigenvalue weighted by atomic mass is 16.2. The Morgan fingerprint density at radius 2 is 2.19 bits per heavy atom. The molecule has 1 amide bonds. The Morgan fingerprint density at radius 1 is 1.43 bits per heavy atom. The maximum absolute atomic E-state index is 12.8. The summed E-state index contributed by atoms with van der Waals surface area (Å²) in [6, 6.07) is 2.18. The summed E-state index contributed by atoms with van der Waals surface area (Å²) in [6.45, 7) is 5.23. The fraction of sp³-hybridized carbons (Fsp3) is 0.647. The average molecular weight is 289 g/mol. The Hall–Kier alpha value is -1.58.